The zero-order valence-corrected chi connectivity index (χ0v) is 56.9. The van der Waals surface area contributed by atoms with Crippen LogP contribution in [0.2, 0.25) is 0 Å². The molecule has 12 rings (SSSR count). The molecule has 4 heterocycles. The van der Waals surface area contributed by atoms with Gasteiger partial charge in [-0.2, -0.15) is 0 Å². The van der Waals surface area contributed by atoms with Gasteiger partial charge in [0.05, 0.1) is 22.7 Å². The Kier molecular flexibility index (Phi) is 18.6. The van der Waals surface area contributed by atoms with Gasteiger partial charge in [0.2, 0.25) is 0 Å². The van der Waals surface area contributed by atoms with Crippen molar-refractivity contribution < 1.29 is 8.22 Å². The number of hydrogen-bond donors (Lipinski definition) is 0. The van der Waals surface area contributed by atoms with E-state index in [0.717, 1.165) is 46.7 Å². The van der Waals surface area contributed by atoms with E-state index in [0.29, 0.717) is 12.3 Å². The summed E-state index contributed by atoms with van der Waals surface area (Å²) in [7, 11) is 4.25. The first kappa shape index (κ1) is 58.3. The topological polar surface area (TPSA) is 25.9 Å². The molecule has 8 aromatic rings. The maximum atomic E-state index is 7.83. The number of rotatable bonds is 9. The fraction of sp³-hybridized carbons (Fsp3) is 0.358. The summed E-state index contributed by atoms with van der Waals surface area (Å²) >= 11 is 0. The fourth-order valence-corrected chi connectivity index (χ4v) is 12.3. The third-order valence-corrected chi connectivity index (χ3v) is 19.1. The number of nitrogens with zero attached hydrogens (tertiary/aromatic N) is 8. The Bertz CT molecular complexity index is 3980. The van der Waals surface area contributed by atoms with Gasteiger partial charge in [-0.3, -0.25) is 0 Å². The molecular formula is C81H104N8. The van der Waals surface area contributed by atoms with Gasteiger partial charge in [-0.15, -0.1) is 0 Å². The van der Waals surface area contributed by atoms with Gasteiger partial charge in [0.25, 0.3) is 0 Å². The van der Waals surface area contributed by atoms with Crippen molar-refractivity contribution in [3.8, 4) is 11.1 Å². The zero-order chi connectivity index (χ0) is 69.6. The molecule has 0 bridgehead atoms. The molecule has 0 fully saturated rings. The van der Waals surface area contributed by atoms with Gasteiger partial charge in [0.15, 0.2) is 0 Å². The minimum Gasteiger partial charge on any atom is -0.359 e. The first-order valence-corrected chi connectivity index (χ1v) is 31.9. The molecule has 89 heavy (non-hydrogen) atoms. The molecule has 0 saturated heterocycles. The van der Waals surface area contributed by atoms with E-state index in [4.69, 9.17) is 8.22 Å². The largest absolute Gasteiger partial charge is 0.359 e. The van der Waals surface area contributed by atoms with E-state index in [1.807, 2.05) is 112 Å². The lowest BCUT2D eigenvalue weighted by Crippen LogP contribution is -2.35. The van der Waals surface area contributed by atoms with Crippen molar-refractivity contribution >= 4 is 45.5 Å². The van der Waals surface area contributed by atoms with Gasteiger partial charge in [-0.1, -0.05) is 174 Å². The van der Waals surface area contributed by atoms with Crippen molar-refractivity contribution in [2.45, 2.75) is 166 Å². The predicted octanol–water partition coefficient (Wildman–Crippen LogP) is 20.6. The van der Waals surface area contributed by atoms with E-state index in [1.165, 1.54) is 82.6 Å². The molecule has 0 N–H and O–H groups in total. The normalized spacial score (nSPS) is 18.6. The smallest absolute Gasteiger partial charge is 0.103 e. The minimum absolute atomic E-state index is 0.183. The van der Waals surface area contributed by atoms with Crippen LogP contribution < -0.4 is 29.4 Å². The number of fused-ring (bicyclic) bond motifs is 2. The van der Waals surface area contributed by atoms with Crippen LogP contribution in [-0.2, 0) is 10.8 Å². The average Bonchev–Trinajstić information content (AvgIpc) is 1.70. The van der Waals surface area contributed by atoms with Crippen LogP contribution in [0, 0.1) is 48.5 Å². The van der Waals surface area contributed by atoms with Gasteiger partial charge in [-0.05, 0) is 204 Å². The van der Waals surface area contributed by atoms with Crippen molar-refractivity contribution in [1.29, 1.82) is 0 Å². The monoisotopic (exact) mass is 1190 g/mol. The van der Waals surface area contributed by atoms with Crippen molar-refractivity contribution in [3.05, 3.63) is 251 Å². The molecule has 0 radical (unpaired) electrons. The van der Waals surface area contributed by atoms with Crippen LogP contribution >= 0.6 is 0 Å². The quantitative estimate of drug-likeness (QED) is 0.141. The number of hydrogen-bond acceptors (Lipinski definition) is 8. The molecular weight excluding hydrogens is 1080 g/mol. The molecule has 0 amide bonds. The average molecular weight is 1200 g/mol. The summed E-state index contributed by atoms with van der Waals surface area (Å²) in [5, 5.41) is 0. The van der Waals surface area contributed by atoms with E-state index >= 15 is 0 Å². The molecule has 0 saturated carbocycles. The lowest BCUT2D eigenvalue weighted by atomic mass is 9.70. The van der Waals surface area contributed by atoms with Crippen LogP contribution in [0.5, 0.6) is 0 Å². The number of aryl methyl sites for hydroxylation is 7. The Morgan fingerprint density at radius 1 is 0.348 bits per heavy atom. The van der Waals surface area contributed by atoms with Gasteiger partial charge in [0, 0.05) is 83.8 Å². The summed E-state index contributed by atoms with van der Waals surface area (Å²) in [5.41, 5.74) is 24.1. The van der Waals surface area contributed by atoms with Crippen LogP contribution in [0.15, 0.2) is 201 Å². The SMILES string of the molecule is CCC(C)(C)c1cc(C)c(-c2ccc(C)cc2C)cc1C(C)(C)CC.Cc1ccccc1N1C=CN(C)C1C.Cc1ccccc1N1c2ccccc2N(C)C1C.[2H]C([2H])([2H])N1C=CN(c2ccccc2C)C1C.[2H]C([2H])([2H])N1c2ccccc2N(c2ccccc2C)C1C. The maximum absolute atomic E-state index is 7.83. The Morgan fingerprint density at radius 2 is 0.708 bits per heavy atom. The molecule has 4 unspecified atom stereocenters. The van der Waals surface area contributed by atoms with Gasteiger partial charge in [0.1, 0.15) is 24.7 Å². The summed E-state index contributed by atoms with van der Waals surface area (Å²) in [6.07, 6.45) is 10.3. The summed E-state index contributed by atoms with van der Waals surface area (Å²) in [6.45, 7) is 33.2. The Morgan fingerprint density at radius 3 is 1.10 bits per heavy atom. The molecule has 0 aromatic heterocycles. The van der Waals surface area contributed by atoms with Crippen LogP contribution in [0.4, 0.5) is 45.5 Å². The van der Waals surface area contributed by atoms with E-state index in [9.17, 15) is 0 Å². The molecule has 0 aliphatic carbocycles. The lowest BCUT2D eigenvalue weighted by Gasteiger charge is -2.35. The Labute approximate surface area is 546 Å². The molecule has 8 aromatic carbocycles. The highest BCUT2D eigenvalue weighted by molar-refractivity contribution is 5.85. The third kappa shape index (κ3) is 14.4. The van der Waals surface area contributed by atoms with Crippen LogP contribution in [-0.4, -0.2) is 62.5 Å². The second-order valence-electron chi connectivity index (χ2n) is 25.9. The zero-order valence-electron chi connectivity index (χ0n) is 62.9. The van der Waals surface area contributed by atoms with Gasteiger partial charge in [-0.25, -0.2) is 0 Å². The molecule has 4 atom stereocenters. The summed E-state index contributed by atoms with van der Waals surface area (Å²) < 4.78 is 45.8. The second-order valence-corrected chi connectivity index (χ2v) is 25.9. The first-order valence-electron chi connectivity index (χ1n) is 34.9. The maximum Gasteiger partial charge on any atom is 0.103 e. The molecule has 8 nitrogen and oxygen atoms in total. The summed E-state index contributed by atoms with van der Waals surface area (Å²) in [6, 6.07) is 61.1. The van der Waals surface area contributed by atoms with Crippen LogP contribution in [0.3, 0.4) is 0 Å². The highest BCUT2D eigenvalue weighted by Gasteiger charge is 2.34. The Balaban J connectivity index is 0.000000154. The van der Waals surface area contributed by atoms with Crippen molar-refractivity contribution in [3.63, 3.8) is 0 Å². The first-order chi connectivity index (χ1) is 44.7. The predicted molar refractivity (Wildman–Crippen MR) is 388 cm³/mol. The molecule has 8 heteroatoms. The number of para-hydroxylation sites is 8. The molecule has 4 aliphatic heterocycles. The van der Waals surface area contributed by atoms with Gasteiger partial charge >= 0.3 is 0 Å². The minimum atomic E-state index is -2.16. The second kappa shape index (κ2) is 28.4. The summed E-state index contributed by atoms with van der Waals surface area (Å²) in [4.78, 5) is 16.2. The van der Waals surface area contributed by atoms with Gasteiger partial charge < -0.3 is 39.2 Å². The van der Waals surface area contributed by atoms with Crippen molar-refractivity contribution in [2.24, 2.45) is 0 Å². The summed E-state index contributed by atoms with van der Waals surface area (Å²) in [5.74, 6) is 0. The van der Waals surface area contributed by atoms with Crippen LogP contribution in [0.25, 0.3) is 11.1 Å². The van der Waals surface area contributed by atoms with Crippen molar-refractivity contribution in [2.75, 3.05) is 57.4 Å². The van der Waals surface area contributed by atoms with E-state index in [2.05, 4.69) is 244 Å². The highest BCUT2D eigenvalue weighted by Crippen LogP contribution is 2.46. The van der Waals surface area contributed by atoms with E-state index in [1.54, 1.807) is 6.20 Å². The van der Waals surface area contributed by atoms with Crippen molar-refractivity contribution in [1.82, 2.24) is 9.80 Å². The highest BCUT2D eigenvalue weighted by atomic mass is 15.4. The number of benzene rings is 8. The fourth-order valence-electron chi connectivity index (χ4n) is 12.3. The van der Waals surface area contributed by atoms with Crippen LogP contribution in [0.1, 0.15) is 140 Å². The standard InChI is InChI=1S/C25H36.2C16H18N2.2C12H16N2/c1-10-24(6,7)22-15-19(5)21(16-23(22)25(8,9)11-2)20-13-12-17(3)14-18(20)4;2*1-12-8-4-5-9-14(12)18-13(2)17(3)15-10-6-7-11-16(15)18;2*1-10-6-4-5-7-12(10)14-9-8-13(3)11(14)2/h12-16H,10-11H2,1-9H3;2*4-11,13H,1-3H3;2*4-9,11H,1-3H3/i;3D3;;3D3;. The molecule has 4 aliphatic rings. The Hall–Kier alpha value is -8.36. The number of anilines is 8. The lowest BCUT2D eigenvalue weighted by molar-refractivity contribution is 0.383. The van der Waals surface area contributed by atoms with E-state index in [-0.39, 0.29) is 23.2 Å². The third-order valence-electron chi connectivity index (χ3n) is 19.1. The molecule has 468 valence electrons. The van der Waals surface area contributed by atoms with E-state index < -0.39 is 14.0 Å². The molecule has 0 spiro atoms.